The Morgan fingerprint density at radius 1 is 0.828 bits per heavy atom. The molecule has 0 heterocycles. The van der Waals surface area contributed by atoms with Crippen molar-refractivity contribution in [2.45, 2.75) is 109 Å². The molecule has 5 heteroatoms. The Kier molecular flexibility index (Phi) is 13.2. The number of rotatable bonds is 17. The number of aliphatic hydroxyl groups is 1. The molecule has 0 radical (unpaired) electrons. The third kappa shape index (κ3) is 11.1. The van der Waals surface area contributed by atoms with E-state index in [1.54, 1.807) is 0 Å². The number of hydrogen-bond donors (Lipinski definition) is 4. The highest BCUT2D eigenvalue weighted by molar-refractivity contribution is 5.92. The van der Waals surface area contributed by atoms with Gasteiger partial charge in [0.2, 0.25) is 0 Å². The van der Waals surface area contributed by atoms with E-state index in [2.05, 4.69) is 0 Å². The number of carboxylic acids is 1. The normalized spacial score (nSPS) is 12.2. The maximum atomic E-state index is 11.3. The molecule has 0 spiro atoms. The standard InChI is InChI=1S/C24H40O5/c1-2-20(25)16-14-12-10-8-6-4-3-5-7-9-11-13-15-19-17-21(26)18-22(27)23(19)24(28)29/h17-18,20,25-27H,2-16H2,1H3,(H,28,29). The largest absolute Gasteiger partial charge is 0.508 e. The summed E-state index contributed by atoms with van der Waals surface area (Å²) >= 11 is 0. The van der Waals surface area contributed by atoms with Crippen LogP contribution in [0.5, 0.6) is 11.5 Å². The van der Waals surface area contributed by atoms with Gasteiger partial charge in [0, 0.05) is 6.07 Å². The van der Waals surface area contributed by atoms with Gasteiger partial charge >= 0.3 is 5.97 Å². The van der Waals surface area contributed by atoms with Crippen molar-refractivity contribution >= 4 is 5.97 Å². The highest BCUT2D eigenvalue weighted by Crippen LogP contribution is 2.28. The molecule has 5 nitrogen and oxygen atoms in total. The summed E-state index contributed by atoms with van der Waals surface area (Å²) < 4.78 is 0. The van der Waals surface area contributed by atoms with Crippen LogP contribution in [0.25, 0.3) is 0 Å². The number of phenols is 2. The fourth-order valence-electron chi connectivity index (χ4n) is 3.78. The number of phenolic OH excluding ortho intramolecular Hbond substituents is 1. The summed E-state index contributed by atoms with van der Waals surface area (Å²) in [4.78, 5) is 11.3. The molecule has 4 N–H and O–H groups in total. The molecular weight excluding hydrogens is 368 g/mol. The van der Waals surface area contributed by atoms with Crippen molar-refractivity contribution in [1.82, 2.24) is 0 Å². The van der Waals surface area contributed by atoms with Gasteiger partial charge in [0.05, 0.1) is 6.10 Å². The first-order chi connectivity index (χ1) is 14.0. The lowest BCUT2D eigenvalue weighted by molar-refractivity contribution is 0.0692. The predicted molar refractivity (Wildman–Crippen MR) is 117 cm³/mol. The second-order valence-electron chi connectivity index (χ2n) is 8.15. The molecule has 1 unspecified atom stereocenters. The molecular formula is C24H40O5. The molecule has 0 saturated heterocycles. The molecule has 1 aromatic carbocycles. The van der Waals surface area contributed by atoms with Gasteiger partial charge in [-0.05, 0) is 37.3 Å². The molecule has 0 aliphatic rings. The van der Waals surface area contributed by atoms with E-state index < -0.39 is 5.97 Å². The van der Waals surface area contributed by atoms with Crippen LogP contribution in [0.3, 0.4) is 0 Å². The number of hydrogen-bond acceptors (Lipinski definition) is 4. The summed E-state index contributed by atoms with van der Waals surface area (Å²) in [5, 5.41) is 38.0. The van der Waals surface area contributed by atoms with E-state index in [9.17, 15) is 25.2 Å². The Bertz CT molecular complexity index is 585. The zero-order chi connectivity index (χ0) is 21.5. The van der Waals surface area contributed by atoms with Crippen LogP contribution in [0.15, 0.2) is 12.1 Å². The first-order valence-corrected chi connectivity index (χ1v) is 11.4. The highest BCUT2D eigenvalue weighted by Gasteiger charge is 2.16. The van der Waals surface area contributed by atoms with Gasteiger partial charge in [-0.3, -0.25) is 0 Å². The van der Waals surface area contributed by atoms with Crippen LogP contribution in [0.1, 0.15) is 113 Å². The number of aromatic hydroxyl groups is 2. The van der Waals surface area contributed by atoms with Gasteiger partial charge in [0.1, 0.15) is 17.1 Å². The zero-order valence-corrected chi connectivity index (χ0v) is 18.0. The van der Waals surface area contributed by atoms with Gasteiger partial charge in [-0.2, -0.15) is 0 Å². The molecule has 0 saturated carbocycles. The summed E-state index contributed by atoms with van der Waals surface area (Å²) in [6, 6.07) is 2.51. The van der Waals surface area contributed by atoms with Gasteiger partial charge in [-0.1, -0.05) is 77.6 Å². The van der Waals surface area contributed by atoms with Crippen LogP contribution >= 0.6 is 0 Å². The SMILES string of the molecule is CCC(O)CCCCCCCCCCCCCCc1cc(O)cc(O)c1C(=O)O. The van der Waals surface area contributed by atoms with E-state index in [1.807, 2.05) is 6.92 Å². The Hall–Kier alpha value is -1.75. The Morgan fingerprint density at radius 2 is 1.31 bits per heavy atom. The maximum Gasteiger partial charge on any atom is 0.339 e. The van der Waals surface area contributed by atoms with Crippen molar-refractivity contribution in [2.24, 2.45) is 0 Å². The predicted octanol–water partition coefficient (Wildman–Crippen LogP) is 6.18. The number of aryl methyl sites for hydroxylation is 1. The van der Waals surface area contributed by atoms with Crippen molar-refractivity contribution in [3.8, 4) is 11.5 Å². The summed E-state index contributed by atoms with van der Waals surface area (Å²) in [6.07, 6.45) is 16.5. The second-order valence-corrected chi connectivity index (χ2v) is 8.15. The van der Waals surface area contributed by atoms with Gasteiger partial charge in [0.15, 0.2) is 0 Å². The number of aromatic carboxylic acids is 1. The molecule has 166 valence electrons. The van der Waals surface area contributed by atoms with E-state index >= 15 is 0 Å². The molecule has 0 aromatic heterocycles. The lowest BCUT2D eigenvalue weighted by Gasteiger charge is -2.09. The van der Waals surface area contributed by atoms with Crippen molar-refractivity contribution in [2.75, 3.05) is 0 Å². The zero-order valence-electron chi connectivity index (χ0n) is 18.0. The van der Waals surface area contributed by atoms with E-state index in [0.29, 0.717) is 12.0 Å². The molecule has 29 heavy (non-hydrogen) atoms. The third-order valence-corrected chi connectivity index (χ3v) is 5.60. The van der Waals surface area contributed by atoms with E-state index in [-0.39, 0.29) is 23.2 Å². The molecule has 0 aliphatic heterocycles. The van der Waals surface area contributed by atoms with Crippen LogP contribution < -0.4 is 0 Å². The number of aliphatic hydroxyl groups excluding tert-OH is 1. The minimum atomic E-state index is -1.16. The Labute approximate surface area is 175 Å². The highest BCUT2D eigenvalue weighted by atomic mass is 16.4. The van der Waals surface area contributed by atoms with Crippen molar-refractivity contribution in [3.05, 3.63) is 23.3 Å². The second kappa shape index (κ2) is 15.1. The lowest BCUT2D eigenvalue weighted by atomic mass is 9.99. The fourth-order valence-corrected chi connectivity index (χ4v) is 3.78. The average molecular weight is 409 g/mol. The smallest absolute Gasteiger partial charge is 0.339 e. The number of unbranched alkanes of at least 4 members (excludes halogenated alkanes) is 11. The molecule has 0 fully saturated rings. The maximum absolute atomic E-state index is 11.3. The van der Waals surface area contributed by atoms with Crippen molar-refractivity contribution in [3.63, 3.8) is 0 Å². The molecule has 1 aromatic rings. The number of benzene rings is 1. The average Bonchev–Trinajstić information content (AvgIpc) is 2.67. The lowest BCUT2D eigenvalue weighted by Crippen LogP contribution is -2.03. The molecule has 0 aliphatic carbocycles. The topological polar surface area (TPSA) is 98.0 Å². The first kappa shape index (κ1) is 25.3. The fraction of sp³-hybridized carbons (Fsp3) is 0.708. The minimum absolute atomic E-state index is 0.0932. The van der Waals surface area contributed by atoms with Gasteiger partial charge in [-0.15, -0.1) is 0 Å². The van der Waals surface area contributed by atoms with Crippen molar-refractivity contribution in [1.29, 1.82) is 0 Å². The minimum Gasteiger partial charge on any atom is -0.508 e. The number of carbonyl (C=O) groups is 1. The van der Waals surface area contributed by atoms with E-state index in [0.717, 1.165) is 44.6 Å². The summed E-state index contributed by atoms with van der Waals surface area (Å²) in [7, 11) is 0. The van der Waals surface area contributed by atoms with Crippen LogP contribution in [0.4, 0.5) is 0 Å². The van der Waals surface area contributed by atoms with Crippen LogP contribution in [-0.2, 0) is 6.42 Å². The molecule has 0 amide bonds. The van der Waals surface area contributed by atoms with Crippen LogP contribution in [0, 0.1) is 0 Å². The molecule has 0 bridgehead atoms. The number of carboxylic acid groups (broad SMARTS) is 1. The molecule has 1 rings (SSSR count). The van der Waals surface area contributed by atoms with Gasteiger partial charge in [-0.25, -0.2) is 4.79 Å². The third-order valence-electron chi connectivity index (χ3n) is 5.60. The molecule has 1 atom stereocenters. The summed E-state index contributed by atoms with van der Waals surface area (Å²) in [6.45, 7) is 2.03. The quantitative estimate of drug-likeness (QED) is 0.231. The Morgan fingerprint density at radius 3 is 1.79 bits per heavy atom. The van der Waals surface area contributed by atoms with Crippen molar-refractivity contribution < 1.29 is 25.2 Å². The Balaban J connectivity index is 2.00. The monoisotopic (exact) mass is 408 g/mol. The van der Waals surface area contributed by atoms with Gasteiger partial charge < -0.3 is 20.4 Å². The van der Waals surface area contributed by atoms with E-state index in [1.165, 1.54) is 57.4 Å². The van der Waals surface area contributed by atoms with Crippen LogP contribution in [0.2, 0.25) is 0 Å². The summed E-state index contributed by atoms with van der Waals surface area (Å²) in [5.41, 5.74) is 0.406. The summed E-state index contributed by atoms with van der Waals surface area (Å²) in [5.74, 6) is -1.62. The van der Waals surface area contributed by atoms with Gasteiger partial charge in [0.25, 0.3) is 0 Å². The first-order valence-electron chi connectivity index (χ1n) is 11.4. The van der Waals surface area contributed by atoms with E-state index in [4.69, 9.17) is 0 Å². The van der Waals surface area contributed by atoms with Crippen LogP contribution in [-0.4, -0.2) is 32.5 Å².